The molecule has 0 bridgehead atoms. The highest BCUT2D eigenvalue weighted by molar-refractivity contribution is 5.03. The van der Waals surface area contributed by atoms with Gasteiger partial charge in [0.25, 0.3) is 0 Å². The smallest absolute Gasteiger partial charge is 0.0534 e. The zero-order valence-electron chi connectivity index (χ0n) is 9.74. The maximum Gasteiger partial charge on any atom is 0.0534 e. The van der Waals surface area contributed by atoms with Crippen molar-refractivity contribution < 1.29 is 0 Å². The fraction of sp³-hybridized carbons (Fsp3) is 0.750. The highest BCUT2D eigenvalue weighted by Crippen LogP contribution is 2.23. The lowest BCUT2D eigenvalue weighted by atomic mass is 9.87. The SMILES string of the molecule is CC1CCC(NCc2cnn(C)c2)CC1. The zero-order valence-corrected chi connectivity index (χ0v) is 9.74. The van der Waals surface area contributed by atoms with E-state index in [-0.39, 0.29) is 0 Å². The van der Waals surface area contributed by atoms with Crippen LogP contribution >= 0.6 is 0 Å². The molecule has 1 aliphatic carbocycles. The number of hydrogen-bond donors (Lipinski definition) is 1. The molecule has 84 valence electrons. The first-order valence-corrected chi connectivity index (χ1v) is 5.95. The molecule has 1 N–H and O–H groups in total. The van der Waals surface area contributed by atoms with Gasteiger partial charge in [0.05, 0.1) is 6.20 Å². The number of hydrogen-bond acceptors (Lipinski definition) is 2. The second-order valence-electron chi connectivity index (χ2n) is 4.86. The Kier molecular flexibility index (Phi) is 3.41. The summed E-state index contributed by atoms with van der Waals surface area (Å²) in [5, 5.41) is 7.79. The zero-order chi connectivity index (χ0) is 10.7. The Balaban J connectivity index is 1.74. The van der Waals surface area contributed by atoms with Crippen molar-refractivity contribution in [2.24, 2.45) is 13.0 Å². The molecule has 0 aliphatic heterocycles. The van der Waals surface area contributed by atoms with E-state index in [2.05, 4.69) is 23.5 Å². The molecule has 0 unspecified atom stereocenters. The number of nitrogens with one attached hydrogen (secondary N) is 1. The monoisotopic (exact) mass is 207 g/mol. The lowest BCUT2D eigenvalue weighted by Crippen LogP contribution is -2.32. The lowest BCUT2D eigenvalue weighted by molar-refractivity contribution is 0.306. The molecule has 1 heterocycles. The third kappa shape index (κ3) is 3.06. The molecule has 1 saturated carbocycles. The minimum atomic E-state index is 0.724. The first-order valence-electron chi connectivity index (χ1n) is 5.95. The van der Waals surface area contributed by atoms with Crippen LogP contribution in [0.3, 0.4) is 0 Å². The third-order valence-electron chi connectivity index (χ3n) is 3.37. The molecule has 0 radical (unpaired) electrons. The van der Waals surface area contributed by atoms with Crippen LogP contribution in [-0.2, 0) is 13.6 Å². The topological polar surface area (TPSA) is 29.9 Å². The van der Waals surface area contributed by atoms with Crippen molar-refractivity contribution in [2.45, 2.75) is 45.2 Å². The molecule has 3 nitrogen and oxygen atoms in total. The van der Waals surface area contributed by atoms with E-state index in [4.69, 9.17) is 0 Å². The highest BCUT2D eigenvalue weighted by Gasteiger charge is 2.17. The minimum Gasteiger partial charge on any atom is -0.310 e. The molecule has 0 atom stereocenters. The Morgan fingerprint density at radius 2 is 2.13 bits per heavy atom. The largest absolute Gasteiger partial charge is 0.310 e. The van der Waals surface area contributed by atoms with E-state index in [1.807, 2.05) is 17.9 Å². The van der Waals surface area contributed by atoms with Gasteiger partial charge in [-0.05, 0) is 31.6 Å². The van der Waals surface area contributed by atoms with Gasteiger partial charge >= 0.3 is 0 Å². The van der Waals surface area contributed by atoms with Crippen LogP contribution in [0, 0.1) is 5.92 Å². The fourth-order valence-corrected chi connectivity index (χ4v) is 2.29. The van der Waals surface area contributed by atoms with Crippen LogP contribution in [0.5, 0.6) is 0 Å². The normalized spacial score (nSPS) is 26.8. The van der Waals surface area contributed by atoms with Gasteiger partial charge in [-0.15, -0.1) is 0 Å². The molecular formula is C12H21N3. The summed E-state index contributed by atoms with van der Waals surface area (Å²) in [5.74, 6) is 0.932. The molecular weight excluding hydrogens is 186 g/mol. The maximum absolute atomic E-state index is 4.17. The van der Waals surface area contributed by atoms with Gasteiger partial charge in [-0.25, -0.2) is 0 Å². The molecule has 2 rings (SSSR count). The van der Waals surface area contributed by atoms with Crippen molar-refractivity contribution in [1.29, 1.82) is 0 Å². The predicted molar refractivity (Wildman–Crippen MR) is 61.5 cm³/mol. The van der Waals surface area contributed by atoms with Crippen molar-refractivity contribution in [1.82, 2.24) is 15.1 Å². The molecule has 1 fully saturated rings. The van der Waals surface area contributed by atoms with Crippen LogP contribution in [0.25, 0.3) is 0 Å². The number of nitrogens with zero attached hydrogens (tertiary/aromatic N) is 2. The Morgan fingerprint density at radius 3 is 2.73 bits per heavy atom. The minimum absolute atomic E-state index is 0.724. The standard InChI is InChI=1S/C12H21N3/c1-10-3-5-12(6-4-10)13-7-11-8-14-15(2)9-11/h8-10,12-13H,3-7H2,1-2H3. The van der Waals surface area contributed by atoms with Gasteiger partial charge in [-0.3, -0.25) is 4.68 Å². The molecule has 3 heteroatoms. The summed E-state index contributed by atoms with van der Waals surface area (Å²) in [7, 11) is 1.96. The van der Waals surface area contributed by atoms with Crippen molar-refractivity contribution in [3.05, 3.63) is 18.0 Å². The van der Waals surface area contributed by atoms with Crippen LogP contribution < -0.4 is 5.32 Å². The van der Waals surface area contributed by atoms with Crippen molar-refractivity contribution in [3.63, 3.8) is 0 Å². The van der Waals surface area contributed by atoms with E-state index >= 15 is 0 Å². The van der Waals surface area contributed by atoms with Crippen LogP contribution in [0.4, 0.5) is 0 Å². The molecule has 0 saturated heterocycles. The van der Waals surface area contributed by atoms with E-state index in [9.17, 15) is 0 Å². The van der Waals surface area contributed by atoms with Gasteiger partial charge in [0, 0.05) is 31.4 Å². The molecule has 0 amide bonds. The molecule has 1 aliphatic rings. The number of rotatable bonds is 3. The Bertz CT molecular complexity index is 298. The van der Waals surface area contributed by atoms with Gasteiger partial charge in [-0.1, -0.05) is 6.92 Å². The van der Waals surface area contributed by atoms with Gasteiger partial charge in [0.2, 0.25) is 0 Å². The first kappa shape index (κ1) is 10.7. The highest BCUT2D eigenvalue weighted by atomic mass is 15.2. The molecule has 15 heavy (non-hydrogen) atoms. The summed E-state index contributed by atoms with van der Waals surface area (Å²) < 4.78 is 1.86. The van der Waals surface area contributed by atoms with E-state index in [0.29, 0.717) is 0 Å². The lowest BCUT2D eigenvalue weighted by Gasteiger charge is -2.26. The van der Waals surface area contributed by atoms with E-state index in [0.717, 1.165) is 18.5 Å². The third-order valence-corrected chi connectivity index (χ3v) is 3.37. The second-order valence-corrected chi connectivity index (χ2v) is 4.86. The van der Waals surface area contributed by atoms with Gasteiger partial charge in [0.15, 0.2) is 0 Å². The Labute approximate surface area is 91.9 Å². The average Bonchev–Trinajstić information content (AvgIpc) is 2.64. The van der Waals surface area contributed by atoms with Crippen molar-refractivity contribution in [2.75, 3.05) is 0 Å². The summed E-state index contributed by atoms with van der Waals surface area (Å²) in [6, 6.07) is 0.724. The first-order chi connectivity index (χ1) is 7.24. The van der Waals surface area contributed by atoms with Crippen molar-refractivity contribution in [3.8, 4) is 0 Å². The summed E-state index contributed by atoms with van der Waals surface area (Å²) in [5.41, 5.74) is 1.29. The molecule has 1 aromatic heterocycles. The summed E-state index contributed by atoms with van der Waals surface area (Å²) in [6.07, 6.45) is 9.45. The van der Waals surface area contributed by atoms with Crippen LogP contribution in [0.1, 0.15) is 38.2 Å². The molecule has 1 aromatic rings. The predicted octanol–water partition coefficient (Wildman–Crippen LogP) is 2.09. The van der Waals surface area contributed by atoms with Crippen LogP contribution in [0.15, 0.2) is 12.4 Å². The van der Waals surface area contributed by atoms with E-state index in [1.165, 1.54) is 31.2 Å². The molecule has 0 aromatic carbocycles. The average molecular weight is 207 g/mol. The van der Waals surface area contributed by atoms with Crippen molar-refractivity contribution >= 4 is 0 Å². The van der Waals surface area contributed by atoms with Gasteiger partial charge in [0.1, 0.15) is 0 Å². The van der Waals surface area contributed by atoms with Crippen LogP contribution in [-0.4, -0.2) is 15.8 Å². The second kappa shape index (κ2) is 4.79. The summed E-state index contributed by atoms with van der Waals surface area (Å²) in [6.45, 7) is 3.32. The Morgan fingerprint density at radius 1 is 1.40 bits per heavy atom. The quantitative estimate of drug-likeness (QED) is 0.822. The van der Waals surface area contributed by atoms with Gasteiger partial charge in [-0.2, -0.15) is 5.10 Å². The summed E-state index contributed by atoms with van der Waals surface area (Å²) in [4.78, 5) is 0. The molecule has 0 spiro atoms. The maximum atomic E-state index is 4.17. The van der Waals surface area contributed by atoms with Gasteiger partial charge < -0.3 is 5.32 Å². The Hall–Kier alpha value is -0.830. The summed E-state index contributed by atoms with van der Waals surface area (Å²) >= 11 is 0. The van der Waals surface area contributed by atoms with Crippen LogP contribution in [0.2, 0.25) is 0 Å². The van der Waals surface area contributed by atoms with E-state index < -0.39 is 0 Å². The number of aromatic nitrogens is 2. The van der Waals surface area contributed by atoms with E-state index in [1.54, 1.807) is 0 Å². The fourth-order valence-electron chi connectivity index (χ4n) is 2.29. The number of aryl methyl sites for hydroxylation is 1.